The van der Waals surface area contributed by atoms with Crippen molar-refractivity contribution >= 4 is 21.8 Å². The van der Waals surface area contributed by atoms with Crippen molar-refractivity contribution in [2.24, 2.45) is 5.73 Å². The van der Waals surface area contributed by atoms with Gasteiger partial charge in [0.15, 0.2) is 0 Å². The summed E-state index contributed by atoms with van der Waals surface area (Å²) in [6.07, 6.45) is 1.97. The van der Waals surface area contributed by atoms with Crippen molar-refractivity contribution in [2.75, 3.05) is 0 Å². The number of rotatable bonds is 5. The van der Waals surface area contributed by atoms with E-state index in [0.29, 0.717) is 12.0 Å². The van der Waals surface area contributed by atoms with Gasteiger partial charge in [-0.25, -0.2) is 4.39 Å². The first-order chi connectivity index (χ1) is 8.04. The van der Waals surface area contributed by atoms with Gasteiger partial charge < -0.3 is 11.1 Å². The number of hydrogen-bond donors (Lipinski definition) is 2. The minimum absolute atomic E-state index is 0.120. The lowest BCUT2D eigenvalue weighted by atomic mass is 10.2. The molecule has 0 spiro atoms. The van der Waals surface area contributed by atoms with Crippen LogP contribution in [0, 0.1) is 5.82 Å². The molecule has 3 nitrogen and oxygen atoms in total. The summed E-state index contributed by atoms with van der Waals surface area (Å²) in [5.74, 6) is -0.671. The van der Waals surface area contributed by atoms with Gasteiger partial charge >= 0.3 is 0 Å². The Labute approximate surface area is 108 Å². The van der Waals surface area contributed by atoms with Crippen molar-refractivity contribution in [1.29, 1.82) is 0 Å². The molecular formula is C12H14BrFN2O. The van der Waals surface area contributed by atoms with Gasteiger partial charge in [0.25, 0.3) is 0 Å². The summed E-state index contributed by atoms with van der Waals surface area (Å²) >= 11 is 3.24. The standard InChI is InChI=1S/C12H14BrFN2O/c1-2-3-11(15)12(17)16-7-8-6-9(13)4-5-10(8)14/h2,4-6,11H,1,3,7,15H2,(H,16,17). The van der Waals surface area contributed by atoms with E-state index in [0.717, 1.165) is 4.47 Å². The Morgan fingerprint density at radius 1 is 1.65 bits per heavy atom. The number of nitrogens with two attached hydrogens (primary N) is 1. The van der Waals surface area contributed by atoms with E-state index in [1.807, 2.05) is 0 Å². The molecule has 0 radical (unpaired) electrons. The maximum atomic E-state index is 13.3. The van der Waals surface area contributed by atoms with Crippen LogP contribution in [0.4, 0.5) is 4.39 Å². The second-order valence-electron chi connectivity index (χ2n) is 3.58. The zero-order valence-corrected chi connectivity index (χ0v) is 10.8. The predicted molar refractivity (Wildman–Crippen MR) is 68.7 cm³/mol. The van der Waals surface area contributed by atoms with Gasteiger partial charge in [0.2, 0.25) is 5.91 Å². The summed E-state index contributed by atoms with van der Waals surface area (Å²) in [6, 6.07) is 3.93. The van der Waals surface area contributed by atoms with Crippen molar-refractivity contribution in [3.8, 4) is 0 Å². The Kier molecular flexibility index (Phi) is 5.31. The Morgan fingerprint density at radius 2 is 2.35 bits per heavy atom. The molecule has 1 amide bonds. The Bertz CT molecular complexity index is 423. The van der Waals surface area contributed by atoms with E-state index >= 15 is 0 Å². The van der Waals surface area contributed by atoms with Crippen LogP contribution in [-0.2, 0) is 11.3 Å². The van der Waals surface area contributed by atoms with Gasteiger partial charge in [-0.1, -0.05) is 22.0 Å². The Morgan fingerprint density at radius 3 is 3.00 bits per heavy atom. The number of halogens is 2. The minimum Gasteiger partial charge on any atom is -0.351 e. The normalized spacial score (nSPS) is 11.9. The van der Waals surface area contributed by atoms with Crippen LogP contribution in [0.2, 0.25) is 0 Å². The van der Waals surface area contributed by atoms with Crippen molar-refractivity contribution in [2.45, 2.75) is 19.0 Å². The van der Waals surface area contributed by atoms with Crippen molar-refractivity contribution in [3.63, 3.8) is 0 Å². The highest BCUT2D eigenvalue weighted by atomic mass is 79.9. The number of benzene rings is 1. The van der Waals surface area contributed by atoms with E-state index < -0.39 is 6.04 Å². The average molecular weight is 301 g/mol. The summed E-state index contributed by atoms with van der Waals surface area (Å²) in [4.78, 5) is 11.5. The van der Waals surface area contributed by atoms with E-state index in [4.69, 9.17) is 5.73 Å². The van der Waals surface area contributed by atoms with Gasteiger partial charge in [0.1, 0.15) is 5.82 Å². The fraction of sp³-hybridized carbons (Fsp3) is 0.250. The fourth-order valence-electron chi connectivity index (χ4n) is 1.28. The molecule has 0 saturated heterocycles. The van der Waals surface area contributed by atoms with Crippen LogP contribution < -0.4 is 11.1 Å². The lowest BCUT2D eigenvalue weighted by Gasteiger charge is -2.11. The molecule has 1 atom stereocenters. The first-order valence-corrected chi connectivity index (χ1v) is 5.92. The molecule has 0 aliphatic heterocycles. The van der Waals surface area contributed by atoms with Gasteiger partial charge in [-0.2, -0.15) is 0 Å². The summed E-state index contributed by atoms with van der Waals surface area (Å²) in [6.45, 7) is 3.62. The van der Waals surface area contributed by atoms with Gasteiger partial charge in [-0.3, -0.25) is 4.79 Å². The molecular weight excluding hydrogens is 287 g/mol. The molecule has 1 unspecified atom stereocenters. The van der Waals surface area contributed by atoms with E-state index in [9.17, 15) is 9.18 Å². The predicted octanol–water partition coefficient (Wildman–Crippen LogP) is 2.11. The summed E-state index contributed by atoms with van der Waals surface area (Å²) < 4.78 is 14.1. The highest BCUT2D eigenvalue weighted by Crippen LogP contribution is 2.15. The number of carbonyl (C=O) groups excluding carboxylic acids is 1. The fourth-order valence-corrected chi connectivity index (χ4v) is 1.69. The van der Waals surface area contributed by atoms with Crippen LogP contribution in [0.15, 0.2) is 35.3 Å². The third-order valence-electron chi connectivity index (χ3n) is 2.22. The molecule has 3 N–H and O–H groups in total. The summed E-state index contributed by atoms with van der Waals surface area (Å²) in [7, 11) is 0. The second-order valence-corrected chi connectivity index (χ2v) is 4.50. The number of carbonyl (C=O) groups is 1. The highest BCUT2D eigenvalue weighted by Gasteiger charge is 2.12. The van der Waals surface area contributed by atoms with Crippen molar-refractivity contribution in [1.82, 2.24) is 5.32 Å². The third-order valence-corrected chi connectivity index (χ3v) is 2.71. The number of amides is 1. The Hall–Kier alpha value is -1.20. The second kappa shape index (κ2) is 6.51. The summed E-state index contributed by atoms with van der Waals surface area (Å²) in [5.41, 5.74) is 5.99. The molecule has 1 rings (SSSR count). The number of hydrogen-bond acceptors (Lipinski definition) is 2. The molecule has 0 saturated carbocycles. The van der Waals surface area contributed by atoms with Gasteiger partial charge in [0.05, 0.1) is 6.04 Å². The van der Waals surface area contributed by atoms with Crippen LogP contribution >= 0.6 is 15.9 Å². The molecule has 0 heterocycles. The average Bonchev–Trinajstić information content (AvgIpc) is 2.30. The van der Waals surface area contributed by atoms with Crippen LogP contribution in [0.3, 0.4) is 0 Å². The lowest BCUT2D eigenvalue weighted by Crippen LogP contribution is -2.39. The maximum Gasteiger partial charge on any atom is 0.237 e. The van der Waals surface area contributed by atoms with Crippen LogP contribution in [0.25, 0.3) is 0 Å². The third kappa shape index (κ3) is 4.28. The maximum absolute atomic E-state index is 13.3. The van der Waals surface area contributed by atoms with Gasteiger partial charge in [0, 0.05) is 16.6 Å². The first-order valence-electron chi connectivity index (χ1n) is 5.12. The molecule has 0 bridgehead atoms. The Balaban J connectivity index is 2.58. The van der Waals surface area contributed by atoms with E-state index in [2.05, 4.69) is 27.8 Å². The van der Waals surface area contributed by atoms with Crippen LogP contribution in [-0.4, -0.2) is 11.9 Å². The monoisotopic (exact) mass is 300 g/mol. The van der Waals surface area contributed by atoms with E-state index in [1.54, 1.807) is 18.2 Å². The SMILES string of the molecule is C=CCC(N)C(=O)NCc1cc(Br)ccc1F. The van der Waals surface area contributed by atoms with E-state index in [1.165, 1.54) is 6.07 Å². The van der Waals surface area contributed by atoms with Gasteiger partial charge in [-0.05, 0) is 24.6 Å². The molecule has 0 aliphatic carbocycles. The molecule has 92 valence electrons. The topological polar surface area (TPSA) is 55.1 Å². The van der Waals surface area contributed by atoms with E-state index in [-0.39, 0.29) is 18.3 Å². The molecule has 17 heavy (non-hydrogen) atoms. The van der Waals surface area contributed by atoms with Gasteiger partial charge in [-0.15, -0.1) is 6.58 Å². The summed E-state index contributed by atoms with van der Waals surface area (Å²) in [5, 5.41) is 2.58. The molecule has 0 fully saturated rings. The number of nitrogens with one attached hydrogen (secondary N) is 1. The molecule has 1 aromatic carbocycles. The van der Waals surface area contributed by atoms with Crippen molar-refractivity contribution in [3.05, 3.63) is 46.7 Å². The zero-order valence-electron chi connectivity index (χ0n) is 9.25. The quantitative estimate of drug-likeness (QED) is 0.818. The first kappa shape index (κ1) is 13.9. The lowest BCUT2D eigenvalue weighted by molar-refractivity contribution is -0.122. The van der Waals surface area contributed by atoms with Crippen LogP contribution in [0.1, 0.15) is 12.0 Å². The zero-order chi connectivity index (χ0) is 12.8. The molecule has 0 aliphatic rings. The molecule has 0 aromatic heterocycles. The molecule has 1 aromatic rings. The highest BCUT2D eigenvalue weighted by molar-refractivity contribution is 9.10. The van der Waals surface area contributed by atoms with Crippen molar-refractivity contribution < 1.29 is 9.18 Å². The van der Waals surface area contributed by atoms with Crippen LogP contribution in [0.5, 0.6) is 0 Å². The largest absolute Gasteiger partial charge is 0.351 e. The minimum atomic E-state index is -0.636. The smallest absolute Gasteiger partial charge is 0.237 e. The molecule has 5 heteroatoms.